The monoisotopic (exact) mass is 1050 g/mol. The summed E-state index contributed by atoms with van der Waals surface area (Å²) in [6.07, 6.45) is 93.4. The molecular weight excluding hydrogens is 915 g/mol. The number of hydrogen-bond acceptors (Lipinski definition) is 3. The van der Waals surface area contributed by atoms with Crippen molar-refractivity contribution in [3.63, 3.8) is 0 Å². The van der Waals surface area contributed by atoms with E-state index in [-0.39, 0.29) is 12.5 Å². The predicted octanol–water partition coefficient (Wildman–Crippen LogP) is 23.3. The van der Waals surface area contributed by atoms with Crippen LogP contribution in [-0.2, 0) is 4.79 Å². The number of nitrogens with one attached hydrogen (secondary N) is 1. The molecule has 0 heterocycles. The smallest absolute Gasteiger partial charge is 0.220 e. The Balaban J connectivity index is 3.46. The molecule has 2 atom stereocenters. The molecule has 0 fully saturated rings. The molecule has 0 aromatic carbocycles. The highest BCUT2D eigenvalue weighted by Gasteiger charge is 2.18. The minimum Gasteiger partial charge on any atom is -0.394 e. The highest BCUT2D eigenvalue weighted by atomic mass is 16.3. The zero-order valence-corrected chi connectivity index (χ0v) is 51.1. The standard InChI is InChI=1S/C71H135NO3/c1-3-5-7-9-11-13-15-17-19-21-23-25-27-29-31-33-35-37-38-40-42-44-46-48-50-52-54-56-58-60-62-64-66-70(74)69(68-73)72-71(75)67-65-63-61-59-57-55-53-51-49-47-45-43-41-39-36-34-32-30-28-26-24-22-20-18-16-14-12-10-8-6-4-2/h16,18,22,24,56,58,64,66,69-70,73-74H,3-15,17,19-21,23,25-55,57,59-63,65,67-68H2,1-2H3,(H,72,75)/b18-16-,24-22-,58-56+,66-64+. The van der Waals surface area contributed by atoms with E-state index in [0.29, 0.717) is 6.42 Å². The maximum Gasteiger partial charge on any atom is 0.220 e. The molecule has 0 saturated heterocycles. The highest BCUT2D eigenvalue weighted by molar-refractivity contribution is 5.76. The Morgan fingerprint density at radius 2 is 0.560 bits per heavy atom. The second kappa shape index (κ2) is 66.6. The summed E-state index contributed by atoms with van der Waals surface area (Å²) in [5.41, 5.74) is 0. The number of aliphatic hydroxyl groups is 2. The lowest BCUT2D eigenvalue weighted by molar-refractivity contribution is -0.123. The van der Waals surface area contributed by atoms with E-state index in [1.54, 1.807) is 6.08 Å². The fourth-order valence-corrected chi connectivity index (χ4v) is 10.8. The SMILES string of the molecule is CCCCCCC/C=C\C/C=C\CCCCCCCCCCCCCCCCCCCCCC(=O)NC(CO)C(O)/C=C/CC/C=C/CCCCCCCCCCCCCCCCCCCCCCCCCCCC. The lowest BCUT2D eigenvalue weighted by Gasteiger charge is -2.19. The molecule has 0 aromatic rings. The quantitative estimate of drug-likeness (QED) is 0.0420. The molecule has 0 aromatic heterocycles. The second-order valence-corrected chi connectivity index (χ2v) is 23.6. The molecule has 0 spiro atoms. The van der Waals surface area contributed by atoms with Crippen LogP contribution in [0.15, 0.2) is 48.6 Å². The summed E-state index contributed by atoms with van der Waals surface area (Å²) >= 11 is 0. The van der Waals surface area contributed by atoms with Gasteiger partial charge in [-0.05, 0) is 64.2 Å². The van der Waals surface area contributed by atoms with Gasteiger partial charge in [-0.25, -0.2) is 0 Å². The maximum atomic E-state index is 12.5. The third-order valence-electron chi connectivity index (χ3n) is 16.0. The van der Waals surface area contributed by atoms with Crippen LogP contribution in [0.3, 0.4) is 0 Å². The van der Waals surface area contributed by atoms with Gasteiger partial charge in [0.15, 0.2) is 0 Å². The normalized spacial score (nSPS) is 13.0. The molecule has 0 saturated carbocycles. The molecule has 0 aliphatic rings. The minimum absolute atomic E-state index is 0.0672. The molecular formula is C71H135NO3. The van der Waals surface area contributed by atoms with Gasteiger partial charge in [0.2, 0.25) is 5.91 Å². The number of carbonyl (C=O) groups excluding carboxylic acids is 1. The average molecular weight is 1050 g/mol. The van der Waals surface area contributed by atoms with Crippen molar-refractivity contribution in [2.45, 2.75) is 392 Å². The Bertz CT molecular complexity index is 1190. The van der Waals surface area contributed by atoms with Crippen LogP contribution in [0.5, 0.6) is 0 Å². The van der Waals surface area contributed by atoms with Crippen LogP contribution in [0, 0.1) is 0 Å². The summed E-state index contributed by atoms with van der Waals surface area (Å²) in [4.78, 5) is 12.5. The van der Waals surface area contributed by atoms with E-state index >= 15 is 0 Å². The van der Waals surface area contributed by atoms with Crippen molar-refractivity contribution >= 4 is 5.91 Å². The molecule has 0 rings (SSSR count). The van der Waals surface area contributed by atoms with Crippen molar-refractivity contribution < 1.29 is 15.0 Å². The van der Waals surface area contributed by atoms with E-state index in [9.17, 15) is 15.0 Å². The topological polar surface area (TPSA) is 69.6 Å². The Labute approximate surface area is 471 Å². The Morgan fingerprint density at radius 1 is 0.320 bits per heavy atom. The van der Waals surface area contributed by atoms with Crippen LogP contribution >= 0.6 is 0 Å². The molecule has 3 N–H and O–H groups in total. The summed E-state index contributed by atoms with van der Waals surface area (Å²) in [7, 11) is 0. The zero-order chi connectivity index (χ0) is 54.1. The number of unbranched alkanes of at least 4 members (excludes halogenated alkanes) is 51. The average Bonchev–Trinajstić information content (AvgIpc) is 3.41. The molecule has 4 heteroatoms. The van der Waals surface area contributed by atoms with Crippen LogP contribution in [0.2, 0.25) is 0 Å². The Morgan fingerprint density at radius 3 is 0.853 bits per heavy atom. The van der Waals surface area contributed by atoms with Crippen LogP contribution < -0.4 is 5.32 Å². The third-order valence-corrected chi connectivity index (χ3v) is 16.0. The van der Waals surface area contributed by atoms with Crippen molar-refractivity contribution in [2.75, 3.05) is 6.61 Å². The first-order chi connectivity index (χ1) is 37.2. The third kappa shape index (κ3) is 63.1. The van der Waals surface area contributed by atoms with Crippen LogP contribution in [-0.4, -0.2) is 34.9 Å². The fourth-order valence-electron chi connectivity index (χ4n) is 10.8. The van der Waals surface area contributed by atoms with E-state index in [0.717, 1.165) is 38.5 Å². The van der Waals surface area contributed by atoms with Gasteiger partial charge in [0.1, 0.15) is 0 Å². The molecule has 442 valence electrons. The number of amides is 1. The molecule has 0 aliphatic carbocycles. The first kappa shape index (κ1) is 73.3. The summed E-state index contributed by atoms with van der Waals surface area (Å²) in [5.74, 6) is -0.0672. The van der Waals surface area contributed by atoms with Gasteiger partial charge in [-0.1, -0.05) is 358 Å². The number of hydrogen-bond donors (Lipinski definition) is 3. The summed E-state index contributed by atoms with van der Waals surface area (Å²) in [6, 6.07) is -0.641. The Kier molecular flexibility index (Phi) is 65.2. The van der Waals surface area contributed by atoms with Crippen LogP contribution in [0.1, 0.15) is 380 Å². The zero-order valence-electron chi connectivity index (χ0n) is 51.1. The van der Waals surface area contributed by atoms with Gasteiger partial charge in [-0.15, -0.1) is 0 Å². The molecule has 75 heavy (non-hydrogen) atoms. The number of allylic oxidation sites excluding steroid dienone is 7. The first-order valence-electron chi connectivity index (χ1n) is 34.4. The molecule has 0 aliphatic heterocycles. The summed E-state index contributed by atoms with van der Waals surface area (Å²) in [5, 5.41) is 23.3. The molecule has 1 amide bonds. The first-order valence-corrected chi connectivity index (χ1v) is 34.4. The van der Waals surface area contributed by atoms with E-state index in [1.807, 2.05) is 6.08 Å². The molecule has 2 unspecified atom stereocenters. The van der Waals surface area contributed by atoms with Crippen molar-refractivity contribution in [3.05, 3.63) is 48.6 Å². The van der Waals surface area contributed by atoms with Gasteiger partial charge >= 0.3 is 0 Å². The second-order valence-electron chi connectivity index (χ2n) is 23.6. The lowest BCUT2D eigenvalue weighted by Crippen LogP contribution is -2.45. The van der Waals surface area contributed by atoms with Crippen LogP contribution in [0.25, 0.3) is 0 Å². The van der Waals surface area contributed by atoms with Crippen molar-refractivity contribution in [2.24, 2.45) is 0 Å². The molecule has 4 nitrogen and oxygen atoms in total. The van der Waals surface area contributed by atoms with Gasteiger partial charge in [0, 0.05) is 6.42 Å². The van der Waals surface area contributed by atoms with Crippen LogP contribution in [0.4, 0.5) is 0 Å². The van der Waals surface area contributed by atoms with E-state index < -0.39 is 12.1 Å². The fraction of sp³-hybridized carbons (Fsp3) is 0.873. The number of carbonyl (C=O) groups is 1. The van der Waals surface area contributed by atoms with Gasteiger partial charge in [-0.3, -0.25) is 4.79 Å². The number of aliphatic hydroxyl groups excluding tert-OH is 2. The van der Waals surface area contributed by atoms with E-state index in [1.165, 1.54) is 321 Å². The molecule has 0 bridgehead atoms. The van der Waals surface area contributed by atoms with Crippen molar-refractivity contribution in [1.82, 2.24) is 5.32 Å². The molecule has 0 radical (unpaired) electrons. The van der Waals surface area contributed by atoms with Crippen molar-refractivity contribution in [3.8, 4) is 0 Å². The van der Waals surface area contributed by atoms with Gasteiger partial charge in [0.05, 0.1) is 18.8 Å². The van der Waals surface area contributed by atoms with E-state index in [2.05, 4.69) is 55.6 Å². The minimum atomic E-state index is -0.864. The van der Waals surface area contributed by atoms with Gasteiger partial charge in [0.25, 0.3) is 0 Å². The van der Waals surface area contributed by atoms with Gasteiger partial charge < -0.3 is 15.5 Å². The largest absolute Gasteiger partial charge is 0.394 e. The maximum absolute atomic E-state index is 12.5. The number of rotatable bonds is 64. The highest BCUT2D eigenvalue weighted by Crippen LogP contribution is 2.19. The predicted molar refractivity (Wildman–Crippen MR) is 336 cm³/mol. The van der Waals surface area contributed by atoms with Crippen molar-refractivity contribution in [1.29, 1.82) is 0 Å². The summed E-state index contributed by atoms with van der Waals surface area (Å²) in [6.45, 7) is 4.33. The van der Waals surface area contributed by atoms with E-state index in [4.69, 9.17) is 0 Å². The summed E-state index contributed by atoms with van der Waals surface area (Å²) < 4.78 is 0. The van der Waals surface area contributed by atoms with Gasteiger partial charge in [-0.2, -0.15) is 0 Å². The lowest BCUT2D eigenvalue weighted by atomic mass is 10.0. The Hall–Kier alpha value is -1.65.